The van der Waals surface area contributed by atoms with Gasteiger partial charge in [-0.25, -0.2) is 0 Å². The maximum Gasteiger partial charge on any atom is 0.305 e. The van der Waals surface area contributed by atoms with Crippen LogP contribution in [0, 0.1) is 0 Å². The summed E-state index contributed by atoms with van der Waals surface area (Å²) in [6.45, 7) is 1.85. The first-order chi connectivity index (χ1) is 11.2. The van der Waals surface area contributed by atoms with Crippen molar-refractivity contribution in [2.24, 2.45) is 0 Å². The third kappa shape index (κ3) is 5.87. The molecule has 1 aromatic heterocycles. The van der Waals surface area contributed by atoms with E-state index in [0.29, 0.717) is 6.42 Å². The van der Waals surface area contributed by atoms with Crippen LogP contribution in [0.5, 0.6) is 0 Å². The van der Waals surface area contributed by atoms with Crippen molar-refractivity contribution in [1.82, 2.24) is 10.1 Å². The zero-order valence-corrected chi connectivity index (χ0v) is 13.8. The molecule has 5 heteroatoms. The first-order valence-corrected chi connectivity index (χ1v) is 7.95. The molecule has 23 heavy (non-hydrogen) atoms. The van der Waals surface area contributed by atoms with Crippen LogP contribution in [0.15, 0.2) is 40.9 Å². The zero-order chi connectivity index (χ0) is 16.5. The lowest BCUT2D eigenvalue weighted by atomic mass is 10.1. The van der Waals surface area contributed by atoms with Crippen molar-refractivity contribution in [2.75, 3.05) is 27.2 Å². The van der Waals surface area contributed by atoms with Crippen LogP contribution >= 0.6 is 0 Å². The third-order valence-electron chi connectivity index (χ3n) is 3.74. The Labute approximate surface area is 137 Å². The summed E-state index contributed by atoms with van der Waals surface area (Å²) in [6, 6.07) is 12.0. The van der Waals surface area contributed by atoms with Crippen molar-refractivity contribution in [1.29, 1.82) is 0 Å². The number of hydrogen-bond acceptors (Lipinski definition) is 5. The quantitative estimate of drug-likeness (QED) is 0.665. The highest BCUT2D eigenvalue weighted by Gasteiger charge is 2.07. The Morgan fingerprint density at radius 1 is 1.22 bits per heavy atom. The molecule has 124 valence electrons. The minimum Gasteiger partial charge on any atom is -0.469 e. The molecular formula is C18H24N2O3. The van der Waals surface area contributed by atoms with Crippen LogP contribution < -0.4 is 0 Å². The Bertz CT molecular complexity index is 595. The van der Waals surface area contributed by atoms with Gasteiger partial charge in [0.15, 0.2) is 0 Å². The maximum absolute atomic E-state index is 11.1. The summed E-state index contributed by atoms with van der Waals surface area (Å²) in [5.74, 6) is 0.764. The Hall–Kier alpha value is -2.14. The van der Waals surface area contributed by atoms with E-state index >= 15 is 0 Å². The third-order valence-corrected chi connectivity index (χ3v) is 3.74. The van der Waals surface area contributed by atoms with E-state index in [9.17, 15) is 4.79 Å². The molecule has 1 heterocycles. The van der Waals surface area contributed by atoms with E-state index < -0.39 is 0 Å². The average molecular weight is 316 g/mol. The molecule has 0 N–H and O–H groups in total. The van der Waals surface area contributed by atoms with Gasteiger partial charge in [-0.3, -0.25) is 4.79 Å². The molecule has 5 nitrogen and oxygen atoms in total. The highest BCUT2D eigenvalue weighted by atomic mass is 16.5. The van der Waals surface area contributed by atoms with E-state index in [1.54, 1.807) is 0 Å². The highest BCUT2D eigenvalue weighted by Crippen LogP contribution is 2.19. The van der Waals surface area contributed by atoms with Gasteiger partial charge in [-0.2, -0.15) is 0 Å². The minimum absolute atomic E-state index is 0.145. The van der Waals surface area contributed by atoms with Crippen LogP contribution in [0.25, 0.3) is 11.3 Å². The van der Waals surface area contributed by atoms with Gasteiger partial charge in [-0.15, -0.1) is 0 Å². The molecule has 2 aromatic rings. The molecule has 0 spiro atoms. The molecule has 0 aliphatic rings. The summed E-state index contributed by atoms with van der Waals surface area (Å²) < 4.78 is 10.0. The second kappa shape index (κ2) is 9.10. The molecule has 0 fully saturated rings. The second-order valence-corrected chi connectivity index (χ2v) is 5.63. The molecule has 0 radical (unpaired) electrons. The Morgan fingerprint density at radius 3 is 2.70 bits per heavy atom. The van der Waals surface area contributed by atoms with Gasteiger partial charge in [-0.1, -0.05) is 35.5 Å². The number of rotatable bonds is 9. The SMILES string of the molecule is COC(=O)CCCN(C)CCCc1cc(-c2ccccc2)no1. The van der Waals surface area contributed by atoms with Crippen molar-refractivity contribution in [3.63, 3.8) is 0 Å². The number of benzene rings is 1. The predicted octanol–water partition coefficient (Wildman–Crippen LogP) is 3.16. The fourth-order valence-corrected chi connectivity index (χ4v) is 2.41. The second-order valence-electron chi connectivity index (χ2n) is 5.63. The molecule has 1 aromatic carbocycles. The standard InChI is InChI=1S/C18H24N2O3/c1-20(13-7-11-18(21)22-2)12-6-10-16-14-17(19-23-16)15-8-4-3-5-9-15/h3-5,8-9,14H,6-7,10-13H2,1-2H3. The summed E-state index contributed by atoms with van der Waals surface area (Å²) in [7, 11) is 3.49. The van der Waals surface area contributed by atoms with E-state index in [1.165, 1.54) is 7.11 Å². The van der Waals surface area contributed by atoms with Crippen molar-refractivity contribution in [3.05, 3.63) is 42.2 Å². The molecule has 0 amide bonds. The van der Waals surface area contributed by atoms with Crippen molar-refractivity contribution in [3.8, 4) is 11.3 Å². The number of aromatic nitrogens is 1. The van der Waals surface area contributed by atoms with E-state index in [1.807, 2.05) is 36.4 Å². The smallest absolute Gasteiger partial charge is 0.305 e. The van der Waals surface area contributed by atoms with Crippen molar-refractivity contribution >= 4 is 5.97 Å². The summed E-state index contributed by atoms with van der Waals surface area (Å²) in [5, 5.41) is 4.12. The van der Waals surface area contributed by atoms with Gasteiger partial charge in [0.2, 0.25) is 0 Å². The summed E-state index contributed by atoms with van der Waals surface area (Å²) in [5.41, 5.74) is 1.95. The van der Waals surface area contributed by atoms with Crippen LogP contribution in [0.4, 0.5) is 0 Å². The predicted molar refractivity (Wildman–Crippen MR) is 89.0 cm³/mol. The van der Waals surface area contributed by atoms with Crippen LogP contribution in [0.3, 0.4) is 0 Å². The number of esters is 1. The molecule has 0 aliphatic heterocycles. The fraction of sp³-hybridized carbons (Fsp3) is 0.444. The van der Waals surface area contributed by atoms with E-state index in [4.69, 9.17) is 4.52 Å². The molecule has 0 saturated heterocycles. The number of carbonyl (C=O) groups excluding carboxylic acids is 1. The Morgan fingerprint density at radius 2 is 1.96 bits per heavy atom. The fourth-order valence-electron chi connectivity index (χ4n) is 2.41. The molecule has 0 unspecified atom stereocenters. The lowest BCUT2D eigenvalue weighted by Crippen LogP contribution is -2.22. The first kappa shape index (κ1) is 17.2. The topological polar surface area (TPSA) is 55.6 Å². The van der Waals surface area contributed by atoms with E-state index in [2.05, 4.69) is 21.8 Å². The molecule has 0 saturated carbocycles. The van der Waals surface area contributed by atoms with Crippen LogP contribution in [-0.2, 0) is 16.0 Å². The van der Waals surface area contributed by atoms with Crippen molar-refractivity contribution in [2.45, 2.75) is 25.7 Å². The number of hydrogen-bond donors (Lipinski definition) is 0. The van der Waals surface area contributed by atoms with E-state index in [-0.39, 0.29) is 5.97 Å². The zero-order valence-electron chi connectivity index (χ0n) is 13.8. The van der Waals surface area contributed by atoms with Crippen LogP contribution in [0.2, 0.25) is 0 Å². The van der Waals surface area contributed by atoms with Gasteiger partial charge >= 0.3 is 5.97 Å². The van der Waals surface area contributed by atoms with Crippen LogP contribution in [-0.4, -0.2) is 43.3 Å². The highest BCUT2D eigenvalue weighted by molar-refractivity contribution is 5.69. The number of methoxy groups -OCH3 is 1. The molecule has 0 aliphatic carbocycles. The normalized spacial score (nSPS) is 10.9. The number of aryl methyl sites for hydroxylation is 1. The van der Waals surface area contributed by atoms with Gasteiger partial charge < -0.3 is 14.2 Å². The monoisotopic (exact) mass is 316 g/mol. The average Bonchev–Trinajstić information content (AvgIpc) is 3.04. The lowest BCUT2D eigenvalue weighted by molar-refractivity contribution is -0.140. The molecule has 2 rings (SSSR count). The first-order valence-electron chi connectivity index (χ1n) is 7.95. The van der Waals surface area contributed by atoms with Crippen LogP contribution in [0.1, 0.15) is 25.0 Å². The molecule has 0 atom stereocenters. The lowest BCUT2D eigenvalue weighted by Gasteiger charge is -2.15. The summed E-state index contributed by atoms with van der Waals surface area (Å²) >= 11 is 0. The number of nitrogens with zero attached hydrogens (tertiary/aromatic N) is 2. The summed E-state index contributed by atoms with van der Waals surface area (Å²) in [4.78, 5) is 13.3. The van der Waals surface area contributed by atoms with Gasteiger partial charge in [0.1, 0.15) is 11.5 Å². The molecule has 0 bridgehead atoms. The number of carbonyl (C=O) groups is 1. The molecular weight excluding hydrogens is 292 g/mol. The van der Waals surface area contributed by atoms with Gasteiger partial charge in [0.25, 0.3) is 0 Å². The number of ether oxygens (including phenoxy) is 1. The largest absolute Gasteiger partial charge is 0.469 e. The van der Waals surface area contributed by atoms with E-state index in [0.717, 1.165) is 49.4 Å². The van der Waals surface area contributed by atoms with Gasteiger partial charge in [0, 0.05) is 24.5 Å². The Kier molecular flexibility index (Phi) is 6.81. The van der Waals surface area contributed by atoms with Crippen molar-refractivity contribution < 1.29 is 14.1 Å². The maximum atomic E-state index is 11.1. The Balaban J connectivity index is 1.68. The minimum atomic E-state index is -0.145. The van der Waals surface area contributed by atoms with Gasteiger partial charge in [0.05, 0.1) is 7.11 Å². The van der Waals surface area contributed by atoms with Gasteiger partial charge in [-0.05, 0) is 33.0 Å². The summed E-state index contributed by atoms with van der Waals surface area (Å²) in [6.07, 6.45) is 3.16.